The van der Waals surface area contributed by atoms with Gasteiger partial charge in [0, 0.05) is 11.8 Å². The van der Waals surface area contributed by atoms with Crippen LogP contribution in [0.25, 0.3) is 0 Å². The van der Waals surface area contributed by atoms with E-state index < -0.39 is 0 Å². The lowest BCUT2D eigenvalue weighted by atomic mass is 9.70. The summed E-state index contributed by atoms with van der Waals surface area (Å²) < 4.78 is 0. The van der Waals surface area contributed by atoms with Crippen molar-refractivity contribution in [1.29, 1.82) is 0 Å². The second-order valence-electron chi connectivity index (χ2n) is 6.43. The average Bonchev–Trinajstić information content (AvgIpc) is 2.67. The van der Waals surface area contributed by atoms with Gasteiger partial charge in [-0.05, 0) is 48.4 Å². The molecule has 104 valence electrons. The molecule has 3 rings (SSSR count). The van der Waals surface area contributed by atoms with Gasteiger partial charge in [0.15, 0.2) is 0 Å². The first-order valence-electron chi connectivity index (χ1n) is 6.78. The third kappa shape index (κ3) is 2.22. The smallest absolute Gasteiger partial charge is 0.139 e. The zero-order valence-corrected chi connectivity index (χ0v) is 11.8. The number of hydrogen-bond donors (Lipinski definition) is 2. The van der Waals surface area contributed by atoms with Crippen molar-refractivity contribution >= 4 is 5.78 Å². The lowest BCUT2D eigenvalue weighted by Gasteiger charge is -2.32. The number of phenolic OH excluding ortho intramolecular Hbond substituents is 2. The van der Waals surface area contributed by atoms with Gasteiger partial charge in [-0.25, -0.2) is 0 Å². The number of aromatic hydroxyl groups is 2. The van der Waals surface area contributed by atoms with Gasteiger partial charge in [0.1, 0.15) is 17.3 Å². The van der Waals surface area contributed by atoms with Gasteiger partial charge >= 0.3 is 0 Å². The largest absolute Gasteiger partial charge is 0.508 e. The van der Waals surface area contributed by atoms with Crippen LogP contribution in [0.3, 0.4) is 0 Å². The van der Waals surface area contributed by atoms with E-state index in [1.54, 1.807) is 0 Å². The van der Waals surface area contributed by atoms with Crippen LogP contribution in [-0.4, -0.2) is 16.0 Å². The Balaban J connectivity index is 0.000000148. The normalized spacial score (nSPS) is 30.9. The average molecular weight is 262 g/mol. The summed E-state index contributed by atoms with van der Waals surface area (Å²) in [5, 5.41) is 17.3. The summed E-state index contributed by atoms with van der Waals surface area (Å²) in [6, 6.07) is 5.70. The number of rotatable bonds is 0. The number of benzene rings is 1. The maximum Gasteiger partial charge on any atom is 0.139 e. The Hall–Kier alpha value is -1.51. The zero-order chi connectivity index (χ0) is 14.3. The van der Waals surface area contributed by atoms with Crippen molar-refractivity contribution in [3.05, 3.63) is 24.3 Å². The predicted octanol–water partition coefficient (Wildman–Crippen LogP) is 3.50. The van der Waals surface area contributed by atoms with Crippen LogP contribution in [-0.2, 0) is 4.79 Å². The van der Waals surface area contributed by atoms with Gasteiger partial charge in [-0.15, -0.1) is 0 Å². The van der Waals surface area contributed by atoms with E-state index in [0.29, 0.717) is 11.7 Å². The van der Waals surface area contributed by atoms with E-state index >= 15 is 0 Å². The van der Waals surface area contributed by atoms with E-state index in [0.717, 1.165) is 12.8 Å². The molecule has 2 bridgehead atoms. The fraction of sp³-hybridized carbons (Fsp3) is 0.562. The molecule has 1 aromatic rings. The number of hydrogen-bond acceptors (Lipinski definition) is 3. The van der Waals surface area contributed by atoms with Crippen molar-refractivity contribution in [3.8, 4) is 11.5 Å². The van der Waals surface area contributed by atoms with E-state index in [4.69, 9.17) is 10.2 Å². The maximum atomic E-state index is 11.6. The van der Waals surface area contributed by atoms with Crippen molar-refractivity contribution < 1.29 is 15.0 Å². The highest BCUT2D eigenvalue weighted by atomic mass is 16.3. The summed E-state index contributed by atoms with van der Waals surface area (Å²) in [4.78, 5) is 11.6. The van der Waals surface area contributed by atoms with Crippen LogP contribution in [0.1, 0.15) is 40.0 Å². The molecule has 0 aliphatic heterocycles. The second kappa shape index (κ2) is 4.55. The van der Waals surface area contributed by atoms with Gasteiger partial charge in [0.2, 0.25) is 0 Å². The Kier molecular flexibility index (Phi) is 3.33. The molecule has 2 saturated carbocycles. The van der Waals surface area contributed by atoms with Gasteiger partial charge in [0.25, 0.3) is 0 Å². The van der Waals surface area contributed by atoms with Crippen LogP contribution in [0.4, 0.5) is 0 Å². The van der Waals surface area contributed by atoms with Crippen molar-refractivity contribution in [3.63, 3.8) is 0 Å². The van der Waals surface area contributed by atoms with Crippen LogP contribution >= 0.6 is 0 Å². The monoisotopic (exact) mass is 262 g/mol. The Bertz CT molecular complexity index is 454. The number of carbonyl (C=O) groups is 1. The van der Waals surface area contributed by atoms with Crippen LogP contribution in [0.2, 0.25) is 0 Å². The minimum absolute atomic E-state index is 0.0255. The van der Waals surface area contributed by atoms with E-state index in [2.05, 4.69) is 20.8 Å². The van der Waals surface area contributed by atoms with E-state index in [-0.39, 0.29) is 22.3 Å². The third-order valence-electron chi connectivity index (χ3n) is 5.33. The molecule has 3 heteroatoms. The quantitative estimate of drug-likeness (QED) is 0.703. The molecule has 0 amide bonds. The molecular weight excluding hydrogens is 240 g/mol. The van der Waals surface area contributed by atoms with Gasteiger partial charge in [-0.1, -0.05) is 20.8 Å². The highest BCUT2D eigenvalue weighted by Crippen LogP contribution is 2.63. The molecule has 19 heavy (non-hydrogen) atoms. The molecule has 0 saturated heterocycles. The standard InChI is InChI=1S/C10H16O.C6H6O2/c1-9(2)7-4-5-10(9,3)8(11)6-7;7-5-1-2-6(8)4-3-5/h7H,4-6H2,1-3H3;1-4,7-8H. The van der Waals surface area contributed by atoms with Crippen LogP contribution < -0.4 is 0 Å². The lowest BCUT2D eigenvalue weighted by molar-refractivity contribution is -0.128. The summed E-state index contributed by atoms with van der Waals surface area (Å²) in [5.74, 6) is 1.53. The van der Waals surface area contributed by atoms with E-state index in [1.807, 2.05) is 0 Å². The van der Waals surface area contributed by atoms with Crippen molar-refractivity contribution in [2.24, 2.45) is 16.7 Å². The highest BCUT2D eigenvalue weighted by molar-refractivity contribution is 5.89. The summed E-state index contributed by atoms with van der Waals surface area (Å²) in [6.07, 6.45) is 3.25. The second-order valence-corrected chi connectivity index (χ2v) is 6.43. The lowest BCUT2D eigenvalue weighted by Crippen LogP contribution is -2.32. The van der Waals surface area contributed by atoms with Crippen molar-refractivity contribution in [2.75, 3.05) is 0 Å². The third-order valence-corrected chi connectivity index (χ3v) is 5.33. The zero-order valence-electron chi connectivity index (χ0n) is 11.8. The Morgan fingerprint density at radius 1 is 1.05 bits per heavy atom. The van der Waals surface area contributed by atoms with Crippen LogP contribution in [0.5, 0.6) is 11.5 Å². The number of phenols is 2. The molecule has 0 heterocycles. The molecule has 1 aromatic carbocycles. The topological polar surface area (TPSA) is 57.5 Å². The highest BCUT2D eigenvalue weighted by Gasteiger charge is 2.61. The van der Waals surface area contributed by atoms with Gasteiger partial charge in [0.05, 0.1) is 0 Å². The molecule has 3 nitrogen and oxygen atoms in total. The summed E-state index contributed by atoms with van der Waals surface area (Å²) >= 11 is 0. The molecule has 0 radical (unpaired) electrons. The molecule has 2 atom stereocenters. The first kappa shape index (κ1) is 13.9. The SMILES string of the molecule is CC12CCC(CC1=O)C2(C)C.Oc1ccc(O)cc1. The number of Topliss-reactive ketones (excluding diaryl/α,β-unsaturated/α-hetero) is 1. The van der Waals surface area contributed by atoms with Gasteiger partial charge < -0.3 is 10.2 Å². The number of carbonyl (C=O) groups excluding carboxylic acids is 1. The summed E-state index contributed by atoms with van der Waals surface area (Å²) in [7, 11) is 0. The molecule has 2 aliphatic rings. The fourth-order valence-corrected chi connectivity index (χ4v) is 3.35. The Morgan fingerprint density at radius 3 is 1.74 bits per heavy atom. The first-order valence-corrected chi connectivity index (χ1v) is 6.78. The minimum atomic E-state index is 0.0255. The van der Waals surface area contributed by atoms with E-state index in [1.165, 1.54) is 30.7 Å². The molecule has 0 spiro atoms. The fourth-order valence-electron chi connectivity index (χ4n) is 3.35. The predicted molar refractivity (Wildman–Crippen MR) is 74.0 cm³/mol. The van der Waals surface area contributed by atoms with Gasteiger partial charge in [-0.2, -0.15) is 0 Å². The summed E-state index contributed by atoms with van der Waals surface area (Å²) in [5.41, 5.74) is 0.307. The van der Waals surface area contributed by atoms with Crippen molar-refractivity contribution in [2.45, 2.75) is 40.0 Å². The minimum Gasteiger partial charge on any atom is -0.508 e. The number of ketones is 1. The molecule has 2 unspecified atom stereocenters. The Morgan fingerprint density at radius 2 is 1.53 bits per heavy atom. The van der Waals surface area contributed by atoms with Crippen LogP contribution in [0, 0.1) is 16.7 Å². The molecule has 2 aliphatic carbocycles. The summed E-state index contributed by atoms with van der Waals surface area (Å²) in [6.45, 7) is 6.67. The Labute approximate surface area is 114 Å². The van der Waals surface area contributed by atoms with Crippen LogP contribution in [0.15, 0.2) is 24.3 Å². The molecule has 2 fully saturated rings. The number of fused-ring (bicyclic) bond motifs is 2. The molecule has 0 aromatic heterocycles. The van der Waals surface area contributed by atoms with Gasteiger partial charge in [-0.3, -0.25) is 4.79 Å². The molecule has 2 N–H and O–H groups in total. The van der Waals surface area contributed by atoms with Crippen molar-refractivity contribution in [1.82, 2.24) is 0 Å². The molecular formula is C16H22O3. The maximum absolute atomic E-state index is 11.6. The first-order chi connectivity index (χ1) is 8.77. The van der Waals surface area contributed by atoms with E-state index in [9.17, 15) is 4.79 Å².